The van der Waals surface area contributed by atoms with Crippen molar-refractivity contribution in [2.24, 2.45) is 5.73 Å². The van der Waals surface area contributed by atoms with Gasteiger partial charge in [-0.2, -0.15) is 0 Å². The highest BCUT2D eigenvalue weighted by Gasteiger charge is 2.31. The van der Waals surface area contributed by atoms with Gasteiger partial charge >= 0.3 is 0 Å². The number of rotatable bonds is 12. The lowest BCUT2D eigenvalue weighted by molar-refractivity contribution is 0.113. The number of nitrogens with one attached hydrogen (secondary N) is 2. The fourth-order valence-electron chi connectivity index (χ4n) is 4.89. The highest BCUT2D eigenvalue weighted by molar-refractivity contribution is 6.76. The number of aryl methyl sites for hydroxylation is 1. The largest absolute Gasteiger partial charge is 0.381 e. The maximum absolute atomic E-state index is 6.33. The van der Waals surface area contributed by atoms with Crippen LogP contribution in [0.15, 0.2) is 42.6 Å². The molecule has 0 aliphatic heterocycles. The fourth-order valence-corrected chi connectivity index (χ4v) is 5.65. The predicted octanol–water partition coefficient (Wildman–Crippen LogP) is 5.17. The molecule has 2 heterocycles. The summed E-state index contributed by atoms with van der Waals surface area (Å²) in [7, 11) is -1.15. The van der Waals surface area contributed by atoms with Crippen molar-refractivity contribution in [2.45, 2.75) is 75.8 Å². The third-order valence-electron chi connectivity index (χ3n) is 6.87. The molecule has 0 saturated carbocycles. The van der Waals surface area contributed by atoms with Crippen LogP contribution < -0.4 is 11.1 Å². The number of hydrogen-bond donors (Lipinski definition) is 3. The Bertz CT molecular complexity index is 1010. The number of benzene rings is 1. The number of fused-ring (bicyclic) bond motifs is 2. The Balaban J connectivity index is 1.59. The SMILES string of the molecule is C[Si](C)(C)CCOCC(c1nc2ccccc2[nH]1)C(CCCN)NC1CCCc2cccnc21. The molecule has 0 radical (unpaired) electrons. The summed E-state index contributed by atoms with van der Waals surface area (Å²) in [6.07, 6.45) is 7.26. The molecule has 3 atom stereocenters. The van der Waals surface area contributed by atoms with E-state index in [1.807, 2.05) is 12.3 Å². The van der Waals surface area contributed by atoms with Gasteiger partial charge in [0, 0.05) is 33.0 Å². The van der Waals surface area contributed by atoms with Crippen molar-refractivity contribution in [3.05, 3.63) is 59.7 Å². The number of H-pyrrole nitrogens is 1. The fraction of sp³-hybridized carbons (Fsp3) is 0.556. The van der Waals surface area contributed by atoms with Gasteiger partial charge in [-0.3, -0.25) is 4.98 Å². The zero-order valence-electron chi connectivity index (χ0n) is 21.0. The molecule has 0 amide bonds. The molecular weight excluding hydrogens is 438 g/mol. The molecule has 2 aromatic heterocycles. The van der Waals surface area contributed by atoms with Gasteiger partial charge < -0.3 is 20.8 Å². The first-order valence-corrected chi connectivity index (χ1v) is 16.6. The number of hydrogen-bond acceptors (Lipinski definition) is 5. The number of pyridine rings is 1. The second kappa shape index (κ2) is 11.6. The van der Waals surface area contributed by atoms with Crippen LogP contribution in [-0.2, 0) is 11.2 Å². The minimum atomic E-state index is -1.15. The highest BCUT2D eigenvalue weighted by Crippen LogP contribution is 2.32. The Labute approximate surface area is 205 Å². The van der Waals surface area contributed by atoms with Crippen LogP contribution in [0.25, 0.3) is 11.0 Å². The molecule has 7 heteroatoms. The Morgan fingerprint density at radius 1 is 1.21 bits per heavy atom. The van der Waals surface area contributed by atoms with Crippen LogP contribution in [0.5, 0.6) is 0 Å². The molecule has 34 heavy (non-hydrogen) atoms. The molecule has 1 aliphatic carbocycles. The standard InChI is InChI=1S/C27H41N5OSi/c1-34(2,3)18-17-33-19-21(27-31-23-11-4-5-12-24(23)32-27)22(14-7-15-28)30-25-13-6-9-20-10-8-16-29-26(20)25/h4-5,8,10-12,16,21-22,25,30H,6-7,9,13-15,17-19,28H2,1-3H3,(H,31,32). The number of ether oxygens (including phenoxy) is 1. The van der Waals surface area contributed by atoms with Gasteiger partial charge in [0.2, 0.25) is 0 Å². The second-order valence-electron chi connectivity index (χ2n) is 10.8. The third-order valence-corrected chi connectivity index (χ3v) is 8.57. The van der Waals surface area contributed by atoms with Crippen LogP contribution in [0, 0.1) is 0 Å². The topological polar surface area (TPSA) is 88.8 Å². The average Bonchev–Trinajstić information content (AvgIpc) is 3.25. The van der Waals surface area contributed by atoms with E-state index in [-0.39, 0.29) is 18.0 Å². The van der Waals surface area contributed by atoms with Gasteiger partial charge in [-0.25, -0.2) is 4.98 Å². The van der Waals surface area contributed by atoms with Crippen molar-refractivity contribution in [2.75, 3.05) is 19.8 Å². The second-order valence-corrected chi connectivity index (χ2v) is 16.4. The van der Waals surface area contributed by atoms with Crippen molar-refractivity contribution in [3.63, 3.8) is 0 Å². The maximum Gasteiger partial charge on any atom is 0.114 e. The lowest BCUT2D eigenvalue weighted by atomic mass is 9.88. The molecule has 0 fully saturated rings. The lowest BCUT2D eigenvalue weighted by Crippen LogP contribution is -2.41. The van der Waals surface area contributed by atoms with E-state index in [2.05, 4.69) is 60.3 Å². The molecule has 1 aromatic carbocycles. The van der Waals surface area contributed by atoms with Gasteiger partial charge in [-0.05, 0) is 68.5 Å². The van der Waals surface area contributed by atoms with Gasteiger partial charge in [0.15, 0.2) is 0 Å². The molecule has 4 rings (SSSR count). The predicted molar refractivity (Wildman–Crippen MR) is 143 cm³/mol. The first kappa shape index (κ1) is 25.0. The number of nitrogens with two attached hydrogens (primary N) is 1. The summed E-state index contributed by atoms with van der Waals surface area (Å²) in [5, 5.41) is 4.00. The zero-order valence-corrected chi connectivity index (χ0v) is 22.0. The summed E-state index contributed by atoms with van der Waals surface area (Å²) in [5.41, 5.74) is 10.6. The maximum atomic E-state index is 6.33. The monoisotopic (exact) mass is 479 g/mol. The van der Waals surface area contributed by atoms with Crippen molar-refractivity contribution >= 4 is 19.1 Å². The number of para-hydroxylation sites is 2. The van der Waals surface area contributed by atoms with Crippen molar-refractivity contribution in [1.29, 1.82) is 0 Å². The van der Waals surface area contributed by atoms with E-state index in [0.29, 0.717) is 13.2 Å². The quantitative estimate of drug-likeness (QED) is 0.246. The Morgan fingerprint density at radius 3 is 2.85 bits per heavy atom. The molecule has 0 spiro atoms. The molecule has 184 valence electrons. The minimum absolute atomic E-state index is 0.120. The van der Waals surface area contributed by atoms with Crippen LogP contribution >= 0.6 is 0 Å². The first-order valence-electron chi connectivity index (χ1n) is 12.9. The van der Waals surface area contributed by atoms with Crippen molar-refractivity contribution < 1.29 is 4.74 Å². The van der Waals surface area contributed by atoms with Gasteiger partial charge in [-0.1, -0.05) is 37.8 Å². The summed E-state index contributed by atoms with van der Waals surface area (Å²) in [6, 6.07) is 14.2. The summed E-state index contributed by atoms with van der Waals surface area (Å²) in [4.78, 5) is 13.4. The van der Waals surface area contributed by atoms with E-state index < -0.39 is 8.07 Å². The highest BCUT2D eigenvalue weighted by atomic mass is 28.3. The number of imidazole rings is 1. The van der Waals surface area contributed by atoms with Crippen LogP contribution in [0.2, 0.25) is 25.7 Å². The van der Waals surface area contributed by atoms with Crippen molar-refractivity contribution in [1.82, 2.24) is 20.3 Å². The van der Waals surface area contributed by atoms with E-state index in [0.717, 1.165) is 49.1 Å². The Morgan fingerprint density at radius 2 is 2.06 bits per heavy atom. The minimum Gasteiger partial charge on any atom is -0.381 e. The van der Waals surface area contributed by atoms with Crippen LogP contribution in [-0.4, -0.2) is 48.8 Å². The van der Waals surface area contributed by atoms with Gasteiger partial charge in [0.25, 0.3) is 0 Å². The van der Waals surface area contributed by atoms with Crippen LogP contribution in [0.3, 0.4) is 0 Å². The van der Waals surface area contributed by atoms with E-state index in [4.69, 9.17) is 20.4 Å². The summed E-state index contributed by atoms with van der Waals surface area (Å²) in [6.45, 7) is 9.32. The molecule has 6 nitrogen and oxygen atoms in total. The molecule has 4 N–H and O–H groups in total. The Hall–Kier alpha value is -2.06. The molecule has 0 saturated heterocycles. The van der Waals surface area contributed by atoms with Crippen LogP contribution in [0.4, 0.5) is 0 Å². The summed E-state index contributed by atoms with van der Waals surface area (Å²) in [5.74, 6) is 1.12. The van der Waals surface area contributed by atoms with Crippen molar-refractivity contribution in [3.8, 4) is 0 Å². The Kier molecular flexibility index (Phi) is 8.53. The smallest absolute Gasteiger partial charge is 0.114 e. The van der Waals surface area contributed by atoms with Crippen LogP contribution in [0.1, 0.15) is 54.7 Å². The van der Waals surface area contributed by atoms with Gasteiger partial charge in [-0.15, -0.1) is 0 Å². The number of aromatic nitrogens is 3. The molecule has 1 aliphatic rings. The van der Waals surface area contributed by atoms with E-state index >= 15 is 0 Å². The summed E-state index contributed by atoms with van der Waals surface area (Å²) < 4.78 is 6.33. The third kappa shape index (κ3) is 6.53. The van der Waals surface area contributed by atoms with Gasteiger partial charge in [0.05, 0.1) is 29.3 Å². The average molecular weight is 480 g/mol. The van der Waals surface area contributed by atoms with Gasteiger partial charge in [0.1, 0.15) is 5.82 Å². The first-order chi connectivity index (χ1) is 16.4. The molecule has 3 aromatic rings. The lowest BCUT2D eigenvalue weighted by Gasteiger charge is -2.33. The molecular formula is C27H41N5OSi. The zero-order chi connectivity index (χ0) is 24.0. The molecule has 3 unspecified atom stereocenters. The summed E-state index contributed by atoms with van der Waals surface area (Å²) >= 11 is 0. The number of aromatic amines is 1. The normalized spacial score (nSPS) is 18.1. The van der Waals surface area contributed by atoms with E-state index in [1.165, 1.54) is 23.7 Å². The molecule has 0 bridgehead atoms. The number of nitrogens with zero attached hydrogens (tertiary/aromatic N) is 2. The van der Waals surface area contributed by atoms with E-state index in [9.17, 15) is 0 Å². The van der Waals surface area contributed by atoms with E-state index in [1.54, 1.807) is 0 Å².